The highest BCUT2D eigenvalue weighted by Crippen LogP contribution is 2.09. The number of carbonyl (C=O) groups is 1. The van der Waals surface area contributed by atoms with Crippen LogP contribution in [0.2, 0.25) is 0 Å². The maximum atomic E-state index is 12.0. The van der Waals surface area contributed by atoms with E-state index in [0.29, 0.717) is 12.5 Å². The van der Waals surface area contributed by atoms with Crippen molar-refractivity contribution in [1.29, 1.82) is 0 Å². The quantitative estimate of drug-likeness (QED) is 0.822. The first kappa shape index (κ1) is 11.1. The number of hydrogen-bond donors (Lipinski definition) is 1. The molecular weight excluding hydrogens is 200 g/mol. The first-order valence-electron chi connectivity index (χ1n) is 5.77. The third-order valence-electron chi connectivity index (χ3n) is 3.17. The molecule has 0 aromatic heterocycles. The summed E-state index contributed by atoms with van der Waals surface area (Å²) in [7, 11) is 1.91. The van der Waals surface area contributed by atoms with Gasteiger partial charge in [0.25, 0.3) is 0 Å². The SMILES string of the molecule is CN(C(=O)Cc1ccccc1)C1CCNC1. The van der Waals surface area contributed by atoms with Crippen molar-refractivity contribution in [2.75, 3.05) is 20.1 Å². The highest BCUT2D eigenvalue weighted by Gasteiger charge is 2.22. The van der Waals surface area contributed by atoms with E-state index in [-0.39, 0.29) is 5.91 Å². The van der Waals surface area contributed by atoms with Crippen LogP contribution in [-0.2, 0) is 11.2 Å². The number of nitrogens with one attached hydrogen (secondary N) is 1. The minimum absolute atomic E-state index is 0.208. The van der Waals surface area contributed by atoms with Gasteiger partial charge in [0.1, 0.15) is 0 Å². The lowest BCUT2D eigenvalue weighted by Gasteiger charge is -2.23. The van der Waals surface area contributed by atoms with Gasteiger partial charge in [0.15, 0.2) is 0 Å². The summed E-state index contributed by atoms with van der Waals surface area (Å²) < 4.78 is 0. The minimum atomic E-state index is 0.208. The van der Waals surface area contributed by atoms with Crippen LogP contribution in [0, 0.1) is 0 Å². The standard InChI is InChI=1S/C13H18N2O/c1-15(12-7-8-14-10-12)13(16)9-11-5-3-2-4-6-11/h2-6,12,14H,7-10H2,1H3. The third kappa shape index (κ3) is 2.61. The molecular formula is C13H18N2O. The van der Waals surface area contributed by atoms with E-state index in [1.54, 1.807) is 0 Å². The second kappa shape index (κ2) is 5.12. The summed E-state index contributed by atoms with van der Waals surface area (Å²) in [5.74, 6) is 0.208. The molecule has 1 N–H and O–H groups in total. The van der Waals surface area contributed by atoms with E-state index in [4.69, 9.17) is 0 Å². The number of hydrogen-bond acceptors (Lipinski definition) is 2. The maximum absolute atomic E-state index is 12.0. The fourth-order valence-electron chi connectivity index (χ4n) is 2.07. The summed E-state index contributed by atoms with van der Waals surface area (Å²) in [4.78, 5) is 13.9. The van der Waals surface area contributed by atoms with Crippen molar-refractivity contribution in [3.63, 3.8) is 0 Å². The highest BCUT2D eigenvalue weighted by atomic mass is 16.2. The minimum Gasteiger partial charge on any atom is -0.341 e. The van der Waals surface area contributed by atoms with Gasteiger partial charge in [-0.25, -0.2) is 0 Å². The van der Waals surface area contributed by atoms with Gasteiger partial charge in [-0.15, -0.1) is 0 Å². The van der Waals surface area contributed by atoms with E-state index >= 15 is 0 Å². The molecule has 2 rings (SSSR count). The molecule has 16 heavy (non-hydrogen) atoms. The van der Waals surface area contributed by atoms with Crippen LogP contribution in [0.1, 0.15) is 12.0 Å². The normalized spacial score (nSPS) is 19.7. The number of nitrogens with zero attached hydrogens (tertiary/aromatic N) is 1. The molecule has 1 saturated heterocycles. The van der Waals surface area contributed by atoms with Crippen molar-refractivity contribution < 1.29 is 4.79 Å². The molecule has 1 aliphatic rings. The van der Waals surface area contributed by atoms with E-state index in [1.807, 2.05) is 42.3 Å². The van der Waals surface area contributed by atoms with Crippen LogP contribution < -0.4 is 5.32 Å². The molecule has 1 aliphatic heterocycles. The molecule has 0 bridgehead atoms. The Morgan fingerprint density at radius 2 is 2.19 bits per heavy atom. The largest absolute Gasteiger partial charge is 0.341 e. The summed E-state index contributed by atoms with van der Waals surface area (Å²) in [6.07, 6.45) is 1.57. The molecule has 3 heteroatoms. The van der Waals surface area contributed by atoms with Crippen molar-refractivity contribution in [3.8, 4) is 0 Å². The van der Waals surface area contributed by atoms with Gasteiger partial charge < -0.3 is 10.2 Å². The average molecular weight is 218 g/mol. The first-order valence-corrected chi connectivity index (χ1v) is 5.77. The molecule has 86 valence electrons. The van der Waals surface area contributed by atoms with Crippen LogP contribution in [0.4, 0.5) is 0 Å². The topological polar surface area (TPSA) is 32.3 Å². The Bertz CT molecular complexity index is 344. The molecule has 1 unspecified atom stereocenters. The lowest BCUT2D eigenvalue weighted by molar-refractivity contribution is -0.130. The van der Waals surface area contributed by atoms with Gasteiger partial charge in [0.05, 0.1) is 6.42 Å². The van der Waals surface area contributed by atoms with Gasteiger partial charge in [0, 0.05) is 19.6 Å². The number of carbonyl (C=O) groups excluding carboxylic acids is 1. The number of benzene rings is 1. The number of rotatable bonds is 3. The van der Waals surface area contributed by atoms with Crippen molar-refractivity contribution in [2.24, 2.45) is 0 Å². The molecule has 0 aliphatic carbocycles. The monoisotopic (exact) mass is 218 g/mol. The molecule has 0 spiro atoms. The van der Waals surface area contributed by atoms with Crippen molar-refractivity contribution in [3.05, 3.63) is 35.9 Å². The predicted octanol–water partition coefficient (Wildman–Crippen LogP) is 1.05. The molecule has 1 aromatic carbocycles. The molecule has 1 atom stereocenters. The van der Waals surface area contributed by atoms with Gasteiger partial charge in [-0.3, -0.25) is 4.79 Å². The Morgan fingerprint density at radius 3 is 2.81 bits per heavy atom. The summed E-state index contributed by atoms with van der Waals surface area (Å²) in [6.45, 7) is 1.95. The lowest BCUT2D eigenvalue weighted by atomic mass is 10.1. The molecule has 0 radical (unpaired) electrons. The molecule has 0 saturated carbocycles. The van der Waals surface area contributed by atoms with Crippen LogP contribution >= 0.6 is 0 Å². The third-order valence-corrected chi connectivity index (χ3v) is 3.17. The van der Waals surface area contributed by atoms with E-state index in [2.05, 4.69) is 5.32 Å². The highest BCUT2D eigenvalue weighted by molar-refractivity contribution is 5.78. The van der Waals surface area contributed by atoms with Crippen molar-refractivity contribution in [2.45, 2.75) is 18.9 Å². The predicted molar refractivity (Wildman–Crippen MR) is 64.2 cm³/mol. The summed E-state index contributed by atoms with van der Waals surface area (Å²) in [5, 5.41) is 3.28. The zero-order valence-corrected chi connectivity index (χ0v) is 9.65. The van der Waals surface area contributed by atoms with Crippen LogP contribution in [0.25, 0.3) is 0 Å². The smallest absolute Gasteiger partial charge is 0.227 e. The Labute approximate surface area is 96.5 Å². The van der Waals surface area contributed by atoms with Crippen molar-refractivity contribution in [1.82, 2.24) is 10.2 Å². The molecule has 1 aromatic rings. The van der Waals surface area contributed by atoms with Crippen LogP contribution in [-0.4, -0.2) is 37.0 Å². The van der Waals surface area contributed by atoms with Crippen LogP contribution in [0.3, 0.4) is 0 Å². The van der Waals surface area contributed by atoms with Gasteiger partial charge in [-0.1, -0.05) is 30.3 Å². The first-order chi connectivity index (χ1) is 7.77. The average Bonchev–Trinajstić information content (AvgIpc) is 2.83. The summed E-state index contributed by atoms with van der Waals surface area (Å²) in [5.41, 5.74) is 1.09. The van der Waals surface area contributed by atoms with Gasteiger partial charge in [-0.2, -0.15) is 0 Å². The van der Waals surface area contributed by atoms with E-state index in [0.717, 1.165) is 25.1 Å². The van der Waals surface area contributed by atoms with E-state index in [9.17, 15) is 4.79 Å². The second-order valence-electron chi connectivity index (χ2n) is 4.31. The Morgan fingerprint density at radius 1 is 1.44 bits per heavy atom. The van der Waals surface area contributed by atoms with Crippen LogP contribution in [0.15, 0.2) is 30.3 Å². The Kier molecular flexibility index (Phi) is 3.57. The molecule has 1 amide bonds. The van der Waals surface area contributed by atoms with Crippen LogP contribution in [0.5, 0.6) is 0 Å². The van der Waals surface area contributed by atoms with E-state index < -0.39 is 0 Å². The maximum Gasteiger partial charge on any atom is 0.227 e. The molecule has 1 fully saturated rings. The van der Waals surface area contributed by atoms with Gasteiger partial charge in [0.2, 0.25) is 5.91 Å². The second-order valence-corrected chi connectivity index (χ2v) is 4.31. The Balaban J connectivity index is 1.92. The molecule has 3 nitrogen and oxygen atoms in total. The molecule has 1 heterocycles. The summed E-state index contributed by atoms with van der Waals surface area (Å²) >= 11 is 0. The fourth-order valence-corrected chi connectivity index (χ4v) is 2.07. The van der Waals surface area contributed by atoms with Crippen molar-refractivity contribution >= 4 is 5.91 Å². The summed E-state index contributed by atoms with van der Waals surface area (Å²) in [6, 6.07) is 10.3. The fraction of sp³-hybridized carbons (Fsp3) is 0.462. The van der Waals surface area contributed by atoms with Gasteiger partial charge >= 0.3 is 0 Å². The van der Waals surface area contributed by atoms with Gasteiger partial charge in [-0.05, 0) is 18.5 Å². The zero-order chi connectivity index (χ0) is 11.4. The Hall–Kier alpha value is -1.35. The zero-order valence-electron chi connectivity index (χ0n) is 9.65. The lowest BCUT2D eigenvalue weighted by Crippen LogP contribution is -2.39. The number of amides is 1. The number of likely N-dealkylation sites (N-methyl/N-ethyl adjacent to an activating group) is 1. The van der Waals surface area contributed by atoms with E-state index in [1.165, 1.54) is 0 Å².